The molecule has 0 aliphatic carbocycles. The first-order valence-corrected chi connectivity index (χ1v) is 7.32. The van der Waals surface area contributed by atoms with E-state index in [0.29, 0.717) is 0 Å². The van der Waals surface area contributed by atoms with Crippen molar-refractivity contribution in [3.8, 4) is 0 Å². The standard InChI is InChI=1S/C10H15N2O6P/c11-7(9(14)15)3-4-19(17,18)10(16)6-1-2-8(13)12-5-6/h1-2,5,7,10,16H,3-4,11H2,(H,12,13)(H,14,15)(H,17,18)/t7-,10?/m0/s1. The Morgan fingerprint density at radius 3 is 2.58 bits per heavy atom. The molecule has 0 saturated heterocycles. The molecule has 19 heavy (non-hydrogen) atoms. The molecule has 6 N–H and O–H groups in total. The van der Waals surface area contributed by atoms with E-state index in [9.17, 15) is 24.2 Å². The Hall–Kier alpha value is -1.47. The van der Waals surface area contributed by atoms with E-state index < -0.39 is 36.9 Å². The maximum absolute atomic E-state index is 11.9. The van der Waals surface area contributed by atoms with E-state index in [2.05, 4.69) is 4.98 Å². The van der Waals surface area contributed by atoms with Gasteiger partial charge in [-0.2, -0.15) is 0 Å². The number of nitrogens with two attached hydrogens (primary N) is 1. The fourth-order valence-corrected chi connectivity index (χ4v) is 2.91. The smallest absolute Gasteiger partial charge is 0.320 e. The molecule has 0 spiro atoms. The second kappa shape index (κ2) is 6.12. The first kappa shape index (κ1) is 15.6. The number of aliphatic hydroxyl groups is 1. The third-order valence-corrected chi connectivity index (χ3v) is 4.53. The van der Waals surface area contributed by atoms with Gasteiger partial charge in [-0.25, -0.2) is 0 Å². The second-order valence-corrected chi connectivity index (χ2v) is 6.52. The molecular weight excluding hydrogens is 275 g/mol. The molecule has 1 aromatic heterocycles. The summed E-state index contributed by atoms with van der Waals surface area (Å²) in [7, 11) is -4.02. The largest absolute Gasteiger partial charge is 0.480 e. The van der Waals surface area contributed by atoms with Crippen LogP contribution in [0.15, 0.2) is 23.1 Å². The van der Waals surface area contributed by atoms with Crippen LogP contribution in [0.2, 0.25) is 0 Å². The van der Waals surface area contributed by atoms with E-state index in [1.807, 2.05) is 0 Å². The Balaban J connectivity index is 2.76. The minimum Gasteiger partial charge on any atom is -0.480 e. The lowest BCUT2D eigenvalue weighted by atomic mass is 10.2. The van der Waals surface area contributed by atoms with Crippen LogP contribution in [0.25, 0.3) is 0 Å². The van der Waals surface area contributed by atoms with Gasteiger partial charge in [0.25, 0.3) is 0 Å². The van der Waals surface area contributed by atoms with Gasteiger partial charge in [0.2, 0.25) is 12.9 Å². The van der Waals surface area contributed by atoms with E-state index in [4.69, 9.17) is 10.8 Å². The van der Waals surface area contributed by atoms with Gasteiger partial charge >= 0.3 is 5.97 Å². The van der Waals surface area contributed by atoms with Gasteiger partial charge in [-0.1, -0.05) is 0 Å². The zero-order chi connectivity index (χ0) is 14.6. The molecule has 106 valence electrons. The van der Waals surface area contributed by atoms with E-state index >= 15 is 0 Å². The lowest BCUT2D eigenvalue weighted by Gasteiger charge is -2.19. The fraction of sp³-hybridized carbons (Fsp3) is 0.400. The SMILES string of the molecule is N[C@@H](CCP(=O)(O)C(O)c1ccc(=O)[nH]c1)C(=O)O. The molecule has 9 heteroatoms. The van der Waals surface area contributed by atoms with Gasteiger partial charge in [0, 0.05) is 24.0 Å². The molecule has 2 unspecified atom stereocenters. The van der Waals surface area contributed by atoms with E-state index in [1.165, 1.54) is 6.07 Å². The highest BCUT2D eigenvalue weighted by Crippen LogP contribution is 2.54. The fourth-order valence-electron chi connectivity index (χ4n) is 1.39. The predicted molar refractivity (Wildman–Crippen MR) is 66.9 cm³/mol. The average molecular weight is 290 g/mol. The molecule has 0 saturated carbocycles. The second-order valence-electron chi connectivity index (χ2n) is 4.07. The number of aromatic nitrogens is 1. The summed E-state index contributed by atoms with van der Waals surface area (Å²) in [6.07, 6.45) is 0.470. The third kappa shape index (κ3) is 4.29. The van der Waals surface area contributed by atoms with Gasteiger partial charge < -0.3 is 25.8 Å². The maximum Gasteiger partial charge on any atom is 0.320 e. The Morgan fingerprint density at radius 2 is 2.11 bits per heavy atom. The van der Waals surface area contributed by atoms with Crippen molar-refractivity contribution in [1.82, 2.24) is 4.98 Å². The summed E-state index contributed by atoms with van der Waals surface area (Å²) in [4.78, 5) is 33.3. The van der Waals surface area contributed by atoms with Gasteiger partial charge in [-0.3, -0.25) is 14.2 Å². The molecule has 0 radical (unpaired) electrons. The lowest BCUT2D eigenvalue weighted by Crippen LogP contribution is -2.31. The number of aliphatic hydroxyl groups excluding tert-OH is 1. The minimum absolute atomic E-state index is 0.0781. The quantitative estimate of drug-likeness (QED) is 0.440. The van der Waals surface area contributed by atoms with Crippen LogP contribution in [0.4, 0.5) is 0 Å². The van der Waals surface area contributed by atoms with Gasteiger partial charge in [-0.15, -0.1) is 0 Å². The van der Waals surface area contributed by atoms with Crippen LogP contribution in [0, 0.1) is 0 Å². The first-order chi connectivity index (χ1) is 8.74. The van der Waals surface area contributed by atoms with Gasteiger partial charge in [0.05, 0.1) is 0 Å². The number of hydrogen-bond acceptors (Lipinski definition) is 5. The molecule has 0 fully saturated rings. The Morgan fingerprint density at radius 1 is 1.47 bits per heavy atom. The molecule has 1 rings (SSSR count). The number of H-pyrrole nitrogens is 1. The topological polar surface area (TPSA) is 154 Å². The number of aliphatic carboxylic acids is 1. The molecule has 3 atom stereocenters. The van der Waals surface area contributed by atoms with E-state index in [-0.39, 0.29) is 12.0 Å². The van der Waals surface area contributed by atoms with Crippen molar-refractivity contribution in [3.63, 3.8) is 0 Å². The van der Waals surface area contributed by atoms with Crippen LogP contribution in [-0.4, -0.2) is 38.3 Å². The molecule has 8 nitrogen and oxygen atoms in total. The van der Waals surface area contributed by atoms with E-state index in [1.54, 1.807) is 0 Å². The van der Waals surface area contributed by atoms with Gasteiger partial charge in [0.15, 0.2) is 5.85 Å². The third-order valence-electron chi connectivity index (χ3n) is 2.57. The molecule has 1 heterocycles. The predicted octanol–water partition coefficient (Wildman–Crippen LogP) is -0.562. The van der Waals surface area contributed by atoms with Crippen molar-refractivity contribution in [1.29, 1.82) is 0 Å². The van der Waals surface area contributed by atoms with Crippen molar-refractivity contribution in [2.75, 3.05) is 6.16 Å². The minimum atomic E-state index is -4.02. The molecule has 0 aliphatic rings. The normalized spacial score (nSPS) is 17.4. The monoisotopic (exact) mass is 290 g/mol. The number of aromatic amines is 1. The Kier molecular flexibility index (Phi) is 5.02. The average Bonchev–Trinajstić information content (AvgIpc) is 2.36. The van der Waals surface area contributed by atoms with Crippen LogP contribution >= 0.6 is 7.37 Å². The zero-order valence-electron chi connectivity index (χ0n) is 9.89. The molecule has 0 amide bonds. The number of carboxylic acids is 1. The van der Waals surface area contributed by atoms with Crippen LogP contribution in [0.3, 0.4) is 0 Å². The summed E-state index contributed by atoms with van der Waals surface area (Å²) in [5, 5.41) is 18.3. The number of pyridine rings is 1. The molecule has 0 bridgehead atoms. The summed E-state index contributed by atoms with van der Waals surface area (Å²) in [5.74, 6) is -2.97. The van der Waals surface area contributed by atoms with E-state index in [0.717, 1.165) is 12.3 Å². The number of hydrogen-bond donors (Lipinski definition) is 5. The van der Waals surface area contributed by atoms with Crippen molar-refractivity contribution < 1.29 is 24.5 Å². The molecule has 0 aromatic carbocycles. The molecule has 0 aliphatic heterocycles. The zero-order valence-corrected chi connectivity index (χ0v) is 10.8. The van der Waals surface area contributed by atoms with Gasteiger partial charge in [0.1, 0.15) is 6.04 Å². The summed E-state index contributed by atoms with van der Waals surface area (Å²) in [6.45, 7) is 0. The summed E-state index contributed by atoms with van der Waals surface area (Å²) in [6, 6.07) is 1.08. The number of nitrogens with one attached hydrogen (secondary N) is 1. The van der Waals surface area contributed by atoms with Crippen molar-refractivity contribution in [2.45, 2.75) is 18.3 Å². The molecule has 1 aromatic rings. The summed E-state index contributed by atoms with van der Waals surface area (Å²) in [5.41, 5.74) is 4.89. The Labute approximate surface area is 108 Å². The highest BCUT2D eigenvalue weighted by Gasteiger charge is 2.31. The highest BCUT2D eigenvalue weighted by atomic mass is 31.2. The summed E-state index contributed by atoms with van der Waals surface area (Å²) < 4.78 is 11.9. The maximum atomic E-state index is 11.9. The number of carboxylic acid groups (broad SMARTS) is 1. The van der Waals surface area contributed by atoms with Crippen molar-refractivity contribution in [2.24, 2.45) is 5.73 Å². The first-order valence-electron chi connectivity index (χ1n) is 5.40. The highest BCUT2D eigenvalue weighted by molar-refractivity contribution is 7.58. The van der Waals surface area contributed by atoms with Crippen LogP contribution in [0.5, 0.6) is 0 Å². The lowest BCUT2D eigenvalue weighted by molar-refractivity contribution is -0.138. The Bertz CT molecular complexity index is 537. The molecular formula is C10H15N2O6P. The van der Waals surface area contributed by atoms with Crippen molar-refractivity contribution >= 4 is 13.3 Å². The summed E-state index contributed by atoms with van der Waals surface area (Å²) >= 11 is 0. The van der Waals surface area contributed by atoms with Crippen LogP contribution < -0.4 is 11.3 Å². The van der Waals surface area contributed by atoms with Gasteiger partial charge in [-0.05, 0) is 12.5 Å². The van der Waals surface area contributed by atoms with Crippen molar-refractivity contribution in [3.05, 3.63) is 34.2 Å². The van der Waals surface area contributed by atoms with Crippen LogP contribution in [0.1, 0.15) is 17.8 Å². The number of rotatable bonds is 6. The van der Waals surface area contributed by atoms with Crippen LogP contribution in [-0.2, 0) is 9.36 Å². The number of carbonyl (C=O) groups is 1.